The van der Waals surface area contributed by atoms with Crippen LogP contribution >= 0.6 is 15.9 Å². The molecule has 0 aliphatic rings. The number of halogens is 1. The molecule has 0 spiro atoms. The zero-order chi connectivity index (χ0) is 8.27. The predicted octanol–water partition coefficient (Wildman–Crippen LogP) is 1.30. The summed E-state index contributed by atoms with van der Waals surface area (Å²) in [6.07, 6.45) is 2.96. The molecule has 0 saturated carbocycles. The van der Waals surface area contributed by atoms with Gasteiger partial charge >= 0.3 is 0 Å². The first kappa shape index (κ1) is 8.74. The van der Waals surface area contributed by atoms with Crippen molar-refractivity contribution in [2.24, 2.45) is 5.73 Å². The highest BCUT2D eigenvalue weighted by Gasteiger charge is 1.99. The molecule has 1 aromatic heterocycles. The van der Waals surface area contributed by atoms with Gasteiger partial charge in [0.05, 0.1) is 10.2 Å². The van der Waals surface area contributed by atoms with Gasteiger partial charge in [-0.3, -0.25) is 4.68 Å². The van der Waals surface area contributed by atoms with Crippen LogP contribution in [0.3, 0.4) is 0 Å². The summed E-state index contributed by atoms with van der Waals surface area (Å²) in [7, 11) is 0. The second-order valence-corrected chi connectivity index (χ2v) is 3.32. The van der Waals surface area contributed by atoms with Crippen LogP contribution in [0.2, 0.25) is 0 Å². The minimum absolute atomic E-state index is 0.719. The van der Waals surface area contributed by atoms with Gasteiger partial charge in [-0.15, -0.1) is 0 Å². The highest BCUT2D eigenvalue weighted by atomic mass is 79.9. The molecule has 3 nitrogen and oxygen atoms in total. The lowest BCUT2D eigenvalue weighted by atomic mass is 10.4. The highest BCUT2D eigenvalue weighted by molar-refractivity contribution is 9.10. The Labute approximate surface area is 74.7 Å². The summed E-state index contributed by atoms with van der Waals surface area (Å²) in [5, 5.41) is 4.26. The van der Waals surface area contributed by atoms with Gasteiger partial charge in [0, 0.05) is 12.7 Å². The monoisotopic (exact) mass is 217 g/mol. The van der Waals surface area contributed by atoms with Crippen LogP contribution < -0.4 is 5.73 Å². The molecule has 0 aliphatic carbocycles. The highest BCUT2D eigenvalue weighted by Crippen LogP contribution is 2.12. The Balaban J connectivity index is 2.58. The molecule has 62 valence electrons. The molecule has 4 heteroatoms. The van der Waals surface area contributed by atoms with Gasteiger partial charge in [0.2, 0.25) is 0 Å². The fraction of sp³-hybridized carbons (Fsp3) is 0.571. The van der Waals surface area contributed by atoms with Crippen LogP contribution in [0.25, 0.3) is 0 Å². The molecule has 0 bridgehead atoms. The predicted molar refractivity (Wildman–Crippen MR) is 48.3 cm³/mol. The van der Waals surface area contributed by atoms with Gasteiger partial charge in [-0.25, -0.2) is 0 Å². The molecule has 1 aromatic rings. The maximum absolute atomic E-state index is 5.37. The van der Waals surface area contributed by atoms with E-state index < -0.39 is 0 Å². The van der Waals surface area contributed by atoms with Crippen molar-refractivity contribution in [3.05, 3.63) is 16.4 Å². The van der Waals surface area contributed by atoms with E-state index in [-0.39, 0.29) is 0 Å². The number of nitrogens with two attached hydrogens (primary N) is 1. The molecular formula is C7H12BrN3. The fourth-order valence-electron chi connectivity index (χ4n) is 0.861. The van der Waals surface area contributed by atoms with E-state index in [0.717, 1.165) is 29.7 Å². The Morgan fingerprint density at radius 3 is 2.91 bits per heavy atom. The van der Waals surface area contributed by atoms with Gasteiger partial charge in [-0.1, -0.05) is 0 Å². The lowest BCUT2D eigenvalue weighted by Gasteiger charge is -1.96. The standard InChI is InChI=1S/C7H12BrN3/c1-6-7(8)5-11(10-6)4-2-3-9/h5H,2-4,9H2,1H3. The summed E-state index contributed by atoms with van der Waals surface area (Å²) >= 11 is 3.39. The Kier molecular flexibility index (Phi) is 3.08. The maximum Gasteiger partial charge on any atom is 0.0735 e. The second-order valence-electron chi connectivity index (χ2n) is 2.47. The molecule has 1 heterocycles. The first-order valence-corrected chi connectivity index (χ1v) is 4.43. The first-order chi connectivity index (χ1) is 5.24. The van der Waals surface area contributed by atoms with Crippen molar-refractivity contribution in [1.29, 1.82) is 0 Å². The average molecular weight is 218 g/mol. The zero-order valence-corrected chi connectivity index (χ0v) is 8.13. The number of aryl methyl sites for hydroxylation is 2. The molecule has 0 aromatic carbocycles. The van der Waals surface area contributed by atoms with E-state index >= 15 is 0 Å². The molecule has 0 radical (unpaired) electrons. The SMILES string of the molecule is Cc1nn(CCCN)cc1Br. The molecule has 0 saturated heterocycles. The molecule has 0 amide bonds. The van der Waals surface area contributed by atoms with Crippen LogP contribution in [0, 0.1) is 6.92 Å². The van der Waals surface area contributed by atoms with E-state index in [1.54, 1.807) is 0 Å². The number of aromatic nitrogens is 2. The van der Waals surface area contributed by atoms with Crippen molar-refractivity contribution < 1.29 is 0 Å². The Morgan fingerprint density at radius 2 is 2.45 bits per heavy atom. The molecule has 2 N–H and O–H groups in total. The normalized spacial score (nSPS) is 10.5. The van der Waals surface area contributed by atoms with Crippen LogP contribution in [0.4, 0.5) is 0 Å². The van der Waals surface area contributed by atoms with Gasteiger partial charge in [-0.05, 0) is 35.8 Å². The summed E-state index contributed by atoms with van der Waals surface area (Å²) in [5.74, 6) is 0. The Bertz CT molecular complexity index is 212. The van der Waals surface area contributed by atoms with Crippen molar-refractivity contribution >= 4 is 15.9 Å². The van der Waals surface area contributed by atoms with Crippen molar-refractivity contribution in [2.45, 2.75) is 19.9 Å². The lowest BCUT2D eigenvalue weighted by molar-refractivity contribution is 0.581. The van der Waals surface area contributed by atoms with E-state index in [1.165, 1.54) is 0 Å². The molecule has 0 atom stereocenters. The largest absolute Gasteiger partial charge is 0.330 e. The van der Waals surface area contributed by atoms with Crippen LogP contribution in [0.15, 0.2) is 10.7 Å². The molecule has 11 heavy (non-hydrogen) atoms. The quantitative estimate of drug-likeness (QED) is 0.830. The molecule has 0 fully saturated rings. The van der Waals surface area contributed by atoms with Crippen molar-refractivity contribution in [1.82, 2.24) is 9.78 Å². The zero-order valence-electron chi connectivity index (χ0n) is 6.55. The van der Waals surface area contributed by atoms with Gasteiger partial charge < -0.3 is 5.73 Å². The minimum atomic E-state index is 0.719. The fourth-order valence-corrected chi connectivity index (χ4v) is 1.18. The summed E-state index contributed by atoms with van der Waals surface area (Å²) < 4.78 is 2.97. The van der Waals surface area contributed by atoms with Gasteiger partial charge in [-0.2, -0.15) is 5.10 Å². The van der Waals surface area contributed by atoms with E-state index in [4.69, 9.17) is 5.73 Å². The van der Waals surface area contributed by atoms with Crippen molar-refractivity contribution in [3.8, 4) is 0 Å². The van der Waals surface area contributed by atoms with Crippen LogP contribution in [-0.2, 0) is 6.54 Å². The van der Waals surface area contributed by atoms with E-state index in [9.17, 15) is 0 Å². The van der Waals surface area contributed by atoms with Crippen LogP contribution in [-0.4, -0.2) is 16.3 Å². The average Bonchev–Trinajstić information content (AvgIpc) is 2.28. The number of rotatable bonds is 3. The van der Waals surface area contributed by atoms with Crippen molar-refractivity contribution in [3.63, 3.8) is 0 Å². The van der Waals surface area contributed by atoms with Crippen LogP contribution in [0.5, 0.6) is 0 Å². The van der Waals surface area contributed by atoms with E-state index in [1.807, 2.05) is 17.8 Å². The summed E-state index contributed by atoms with van der Waals surface area (Å²) in [4.78, 5) is 0. The third-order valence-corrected chi connectivity index (χ3v) is 2.26. The number of hydrogen-bond donors (Lipinski definition) is 1. The van der Waals surface area contributed by atoms with Gasteiger partial charge in [0.1, 0.15) is 0 Å². The van der Waals surface area contributed by atoms with Crippen molar-refractivity contribution in [2.75, 3.05) is 6.54 Å². The molecule has 0 aliphatic heterocycles. The van der Waals surface area contributed by atoms with Gasteiger partial charge in [0.25, 0.3) is 0 Å². The van der Waals surface area contributed by atoms with Crippen LogP contribution in [0.1, 0.15) is 12.1 Å². The Hall–Kier alpha value is -0.350. The smallest absolute Gasteiger partial charge is 0.0735 e. The number of nitrogens with zero attached hydrogens (tertiary/aromatic N) is 2. The topological polar surface area (TPSA) is 43.8 Å². The number of hydrogen-bond acceptors (Lipinski definition) is 2. The molecule has 0 unspecified atom stereocenters. The second kappa shape index (κ2) is 3.88. The molecular weight excluding hydrogens is 206 g/mol. The summed E-state index contributed by atoms with van der Waals surface area (Å²) in [6.45, 7) is 3.60. The third kappa shape index (κ3) is 2.31. The third-order valence-electron chi connectivity index (χ3n) is 1.48. The van der Waals surface area contributed by atoms with Gasteiger partial charge in [0.15, 0.2) is 0 Å². The summed E-state index contributed by atoms with van der Waals surface area (Å²) in [5.41, 5.74) is 6.40. The van der Waals surface area contributed by atoms with E-state index in [2.05, 4.69) is 21.0 Å². The minimum Gasteiger partial charge on any atom is -0.330 e. The maximum atomic E-state index is 5.37. The summed E-state index contributed by atoms with van der Waals surface area (Å²) in [6, 6.07) is 0. The lowest BCUT2D eigenvalue weighted by Crippen LogP contribution is -2.06. The van der Waals surface area contributed by atoms with E-state index in [0.29, 0.717) is 0 Å². The molecule has 1 rings (SSSR count). The Morgan fingerprint density at radius 1 is 1.73 bits per heavy atom. The first-order valence-electron chi connectivity index (χ1n) is 3.63.